The van der Waals surface area contributed by atoms with Gasteiger partial charge in [-0.25, -0.2) is 0 Å². The predicted octanol–water partition coefficient (Wildman–Crippen LogP) is 2.67. The Balaban J connectivity index is 2.07. The van der Waals surface area contributed by atoms with E-state index in [4.69, 9.17) is 0 Å². The number of likely N-dealkylation sites (tertiary alicyclic amines) is 1. The number of rotatable bonds is 5. The smallest absolute Gasteiger partial charge is 0.303 e. The summed E-state index contributed by atoms with van der Waals surface area (Å²) >= 11 is 0. The number of hydrogen-bond donors (Lipinski definition) is 1. The lowest BCUT2D eigenvalue weighted by Crippen LogP contribution is -2.39. The van der Waals surface area contributed by atoms with Crippen molar-refractivity contribution in [2.24, 2.45) is 5.92 Å². The summed E-state index contributed by atoms with van der Waals surface area (Å²) in [5.41, 5.74) is 1.08. The van der Waals surface area contributed by atoms with Gasteiger partial charge < -0.3 is 10.0 Å². The van der Waals surface area contributed by atoms with Crippen LogP contribution in [0, 0.1) is 5.92 Å². The van der Waals surface area contributed by atoms with E-state index in [0.29, 0.717) is 19.0 Å². The Hall–Kier alpha value is -2.10. The van der Waals surface area contributed by atoms with E-state index in [2.05, 4.69) is 6.58 Å². The molecule has 1 aromatic carbocycles. The van der Waals surface area contributed by atoms with E-state index in [1.807, 2.05) is 30.3 Å². The monoisotopic (exact) mass is 287 g/mol. The molecule has 1 amide bonds. The second-order valence-corrected chi connectivity index (χ2v) is 5.48. The molecule has 1 N–H and O–H groups in total. The number of amides is 1. The SMILES string of the molecule is C=CC(=O)N1CCC(C(CC(=O)O)c2ccccc2)CC1. The third-order valence-corrected chi connectivity index (χ3v) is 4.22. The van der Waals surface area contributed by atoms with Gasteiger partial charge in [-0.15, -0.1) is 0 Å². The van der Waals surface area contributed by atoms with Gasteiger partial charge in [-0.05, 0) is 36.3 Å². The molecule has 21 heavy (non-hydrogen) atoms. The molecule has 1 aliphatic heterocycles. The van der Waals surface area contributed by atoms with Crippen LogP contribution in [0.25, 0.3) is 0 Å². The van der Waals surface area contributed by atoms with Crippen LogP contribution in [0.5, 0.6) is 0 Å². The number of hydrogen-bond acceptors (Lipinski definition) is 2. The molecule has 0 radical (unpaired) electrons. The molecular formula is C17H21NO3. The summed E-state index contributed by atoms with van der Waals surface area (Å²) in [6.45, 7) is 4.87. The van der Waals surface area contributed by atoms with Gasteiger partial charge in [0.25, 0.3) is 0 Å². The van der Waals surface area contributed by atoms with Gasteiger partial charge in [-0.3, -0.25) is 9.59 Å². The summed E-state index contributed by atoms with van der Waals surface area (Å²) < 4.78 is 0. The van der Waals surface area contributed by atoms with Crippen LogP contribution in [0.3, 0.4) is 0 Å². The number of nitrogens with zero attached hydrogens (tertiary/aromatic N) is 1. The molecule has 1 heterocycles. The van der Waals surface area contributed by atoms with Crippen molar-refractivity contribution in [2.75, 3.05) is 13.1 Å². The first-order valence-corrected chi connectivity index (χ1v) is 7.30. The lowest BCUT2D eigenvalue weighted by atomic mass is 9.78. The van der Waals surface area contributed by atoms with E-state index < -0.39 is 5.97 Å². The topological polar surface area (TPSA) is 57.6 Å². The van der Waals surface area contributed by atoms with E-state index in [9.17, 15) is 14.7 Å². The van der Waals surface area contributed by atoms with Gasteiger partial charge in [0.2, 0.25) is 5.91 Å². The van der Waals surface area contributed by atoms with E-state index in [1.165, 1.54) is 6.08 Å². The summed E-state index contributed by atoms with van der Waals surface area (Å²) in [5, 5.41) is 9.18. The minimum Gasteiger partial charge on any atom is -0.481 e. The Morgan fingerprint density at radius 3 is 2.43 bits per heavy atom. The van der Waals surface area contributed by atoms with Crippen LogP contribution >= 0.6 is 0 Å². The van der Waals surface area contributed by atoms with Gasteiger partial charge in [0, 0.05) is 13.1 Å². The van der Waals surface area contributed by atoms with Crippen LogP contribution in [0.15, 0.2) is 43.0 Å². The van der Waals surface area contributed by atoms with Gasteiger partial charge in [-0.1, -0.05) is 36.9 Å². The van der Waals surface area contributed by atoms with Crippen LogP contribution in [0.2, 0.25) is 0 Å². The zero-order valence-electron chi connectivity index (χ0n) is 12.1. The van der Waals surface area contributed by atoms with Gasteiger partial charge in [0.1, 0.15) is 0 Å². The second kappa shape index (κ2) is 7.07. The highest BCUT2D eigenvalue weighted by molar-refractivity contribution is 5.87. The summed E-state index contributed by atoms with van der Waals surface area (Å²) in [7, 11) is 0. The molecule has 112 valence electrons. The number of aliphatic carboxylic acids is 1. The molecule has 1 aromatic rings. The Kier molecular flexibility index (Phi) is 5.14. The summed E-state index contributed by atoms with van der Waals surface area (Å²) in [4.78, 5) is 24.6. The normalized spacial score (nSPS) is 17.2. The highest BCUT2D eigenvalue weighted by Crippen LogP contribution is 2.35. The minimum atomic E-state index is -0.770. The fraction of sp³-hybridized carbons (Fsp3) is 0.412. The van der Waals surface area contributed by atoms with Crippen molar-refractivity contribution < 1.29 is 14.7 Å². The van der Waals surface area contributed by atoms with Crippen molar-refractivity contribution in [3.8, 4) is 0 Å². The molecule has 0 bridgehead atoms. The molecule has 0 saturated carbocycles. The lowest BCUT2D eigenvalue weighted by molar-refractivity contribution is -0.138. The molecule has 0 aromatic heterocycles. The highest BCUT2D eigenvalue weighted by Gasteiger charge is 2.30. The van der Waals surface area contributed by atoms with Crippen molar-refractivity contribution in [2.45, 2.75) is 25.2 Å². The zero-order valence-corrected chi connectivity index (χ0v) is 12.1. The van der Waals surface area contributed by atoms with Gasteiger partial charge >= 0.3 is 5.97 Å². The van der Waals surface area contributed by atoms with E-state index in [1.54, 1.807) is 4.90 Å². The van der Waals surface area contributed by atoms with E-state index in [0.717, 1.165) is 18.4 Å². The molecule has 1 aliphatic rings. The Morgan fingerprint density at radius 2 is 1.90 bits per heavy atom. The minimum absolute atomic E-state index is 0.0182. The lowest BCUT2D eigenvalue weighted by Gasteiger charge is -2.35. The molecule has 4 nitrogen and oxygen atoms in total. The number of carboxylic acids is 1. The van der Waals surface area contributed by atoms with Crippen LogP contribution in [0.1, 0.15) is 30.7 Å². The molecule has 1 unspecified atom stereocenters. The van der Waals surface area contributed by atoms with E-state index in [-0.39, 0.29) is 18.2 Å². The predicted molar refractivity (Wildman–Crippen MR) is 80.9 cm³/mol. The van der Waals surface area contributed by atoms with Crippen molar-refractivity contribution >= 4 is 11.9 Å². The molecule has 0 spiro atoms. The first-order valence-electron chi connectivity index (χ1n) is 7.30. The molecule has 1 saturated heterocycles. The third kappa shape index (κ3) is 3.94. The maximum Gasteiger partial charge on any atom is 0.303 e. The molecule has 2 rings (SSSR count). The average Bonchev–Trinajstić information content (AvgIpc) is 2.53. The third-order valence-electron chi connectivity index (χ3n) is 4.22. The maximum atomic E-state index is 11.6. The summed E-state index contributed by atoms with van der Waals surface area (Å²) in [5.74, 6) is -0.488. The highest BCUT2D eigenvalue weighted by atomic mass is 16.4. The number of carboxylic acid groups (broad SMARTS) is 1. The standard InChI is InChI=1S/C17H21NO3/c1-2-16(19)18-10-8-14(9-11-18)15(12-17(20)21)13-6-4-3-5-7-13/h2-7,14-15H,1,8-12H2,(H,20,21). The fourth-order valence-corrected chi connectivity index (χ4v) is 3.10. The largest absolute Gasteiger partial charge is 0.481 e. The van der Waals surface area contributed by atoms with Crippen molar-refractivity contribution in [3.63, 3.8) is 0 Å². The molecule has 1 atom stereocenters. The van der Waals surface area contributed by atoms with Crippen LogP contribution in [-0.4, -0.2) is 35.0 Å². The number of piperidine rings is 1. The van der Waals surface area contributed by atoms with Gasteiger partial charge in [0.05, 0.1) is 6.42 Å². The number of carbonyl (C=O) groups excluding carboxylic acids is 1. The van der Waals surface area contributed by atoms with Crippen molar-refractivity contribution in [1.82, 2.24) is 4.90 Å². The molecule has 0 aliphatic carbocycles. The van der Waals surface area contributed by atoms with Crippen molar-refractivity contribution in [3.05, 3.63) is 48.6 Å². The van der Waals surface area contributed by atoms with Gasteiger partial charge in [-0.2, -0.15) is 0 Å². The molecular weight excluding hydrogens is 266 g/mol. The average molecular weight is 287 g/mol. The van der Waals surface area contributed by atoms with E-state index >= 15 is 0 Å². The van der Waals surface area contributed by atoms with Gasteiger partial charge in [0.15, 0.2) is 0 Å². The Morgan fingerprint density at radius 1 is 1.29 bits per heavy atom. The number of benzene rings is 1. The van der Waals surface area contributed by atoms with Crippen LogP contribution in [0.4, 0.5) is 0 Å². The van der Waals surface area contributed by atoms with Crippen LogP contribution < -0.4 is 0 Å². The Labute approximate surface area is 125 Å². The molecule has 1 fully saturated rings. The quantitative estimate of drug-likeness (QED) is 0.847. The maximum absolute atomic E-state index is 11.6. The summed E-state index contributed by atoms with van der Waals surface area (Å²) in [6, 6.07) is 9.82. The Bertz CT molecular complexity index is 504. The first kappa shape index (κ1) is 15.3. The van der Waals surface area contributed by atoms with Crippen molar-refractivity contribution in [1.29, 1.82) is 0 Å². The fourth-order valence-electron chi connectivity index (χ4n) is 3.10. The first-order chi connectivity index (χ1) is 10.1. The number of carbonyl (C=O) groups is 2. The molecule has 4 heteroatoms. The second-order valence-electron chi connectivity index (χ2n) is 5.48. The zero-order chi connectivity index (χ0) is 15.2. The van der Waals surface area contributed by atoms with Crippen LogP contribution in [-0.2, 0) is 9.59 Å². The summed E-state index contributed by atoms with van der Waals surface area (Å²) in [6.07, 6.45) is 3.16.